The van der Waals surface area contributed by atoms with Crippen molar-refractivity contribution in [1.29, 1.82) is 0 Å². The zero-order chi connectivity index (χ0) is 25.7. The number of aromatic nitrogens is 4. The van der Waals surface area contributed by atoms with Crippen molar-refractivity contribution >= 4 is 39.8 Å². The number of benzene rings is 4. The van der Waals surface area contributed by atoms with Gasteiger partial charge in [-0.15, -0.1) is 10.2 Å². The van der Waals surface area contributed by atoms with Crippen molar-refractivity contribution in [2.45, 2.75) is 20.0 Å². The summed E-state index contributed by atoms with van der Waals surface area (Å²) in [6.07, 6.45) is 0. The number of para-hydroxylation sites is 4. The smallest absolute Gasteiger partial charge is 0.250 e. The predicted molar refractivity (Wildman–Crippen MR) is 152 cm³/mol. The molecule has 8 nitrogen and oxygen atoms in total. The van der Waals surface area contributed by atoms with Crippen molar-refractivity contribution in [2.24, 2.45) is 15.3 Å². The zero-order valence-electron chi connectivity index (χ0n) is 20.9. The molecule has 2 aromatic heterocycles. The Morgan fingerprint density at radius 2 is 1.18 bits per heavy atom. The molecule has 0 aliphatic rings. The molecule has 4 aromatic carbocycles. The van der Waals surface area contributed by atoms with Crippen LogP contribution >= 0.6 is 0 Å². The molecule has 186 valence electrons. The van der Waals surface area contributed by atoms with E-state index in [1.54, 1.807) is 6.92 Å². The Hall–Kier alpha value is -5.11. The number of anilines is 1. The van der Waals surface area contributed by atoms with Gasteiger partial charge in [-0.2, -0.15) is 5.10 Å². The Kier molecular flexibility index (Phi) is 6.42. The molecule has 38 heavy (non-hydrogen) atoms. The number of fused-ring (bicyclic) bond motifs is 2. The normalized spacial score (nSPS) is 12.1. The number of hydrazone groups is 1. The third-order valence-corrected chi connectivity index (χ3v) is 6.26. The van der Waals surface area contributed by atoms with Gasteiger partial charge >= 0.3 is 0 Å². The lowest BCUT2D eigenvalue weighted by Crippen LogP contribution is -2.06. The first kappa shape index (κ1) is 23.3. The summed E-state index contributed by atoms with van der Waals surface area (Å²) in [6.45, 7) is 3.11. The third-order valence-electron chi connectivity index (χ3n) is 6.26. The van der Waals surface area contributed by atoms with E-state index in [-0.39, 0.29) is 0 Å². The van der Waals surface area contributed by atoms with Crippen LogP contribution in [-0.2, 0) is 13.1 Å². The van der Waals surface area contributed by atoms with Crippen LogP contribution in [0, 0.1) is 0 Å². The number of rotatable bonds is 7. The summed E-state index contributed by atoms with van der Waals surface area (Å²) in [5.74, 6) is 1.63. The van der Waals surface area contributed by atoms with Gasteiger partial charge in [-0.3, -0.25) is 0 Å². The zero-order valence-corrected chi connectivity index (χ0v) is 20.9. The van der Waals surface area contributed by atoms with Crippen LogP contribution in [0.2, 0.25) is 0 Å². The molecular weight excluding hydrogens is 472 g/mol. The van der Waals surface area contributed by atoms with E-state index in [9.17, 15) is 0 Å². The summed E-state index contributed by atoms with van der Waals surface area (Å²) in [7, 11) is 0. The minimum atomic E-state index is 0.460. The summed E-state index contributed by atoms with van der Waals surface area (Å²) in [4.78, 5) is 9.44. The number of amidine groups is 1. The number of imidazole rings is 2. The van der Waals surface area contributed by atoms with Crippen molar-refractivity contribution < 1.29 is 0 Å². The van der Waals surface area contributed by atoms with Crippen LogP contribution in [0.3, 0.4) is 0 Å². The van der Waals surface area contributed by atoms with Gasteiger partial charge in [0.15, 0.2) is 5.84 Å². The van der Waals surface area contributed by atoms with Crippen molar-refractivity contribution in [1.82, 2.24) is 19.1 Å². The maximum Gasteiger partial charge on any atom is 0.250 e. The van der Waals surface area contributed by atoms with Crippen molar-refractivity contribution in [2.75, 3.05) is 5.43 Å². The average molecular weight is 499 g/mol. The maximum atomic E-state index is 4.74. The van der Waals surface area contributed by atoms with E-state index in [4.69, 9.17) is 9.97 Å². The number of nitrogens with zero attached hydrogens (tertiary/aromatic N) is 7. The van der Waals surface area contributed by atoms with E-state index in [2.05, 4.69) is 60.2 Å². The van der Waals surface area contributed by atoms with Gasteiger partial charge in [0.2, 0.25) is 5.95 Å². The SMILES string of the molecule is C/C(N=Nc1nc2ccccc2n1Cc1ccccc1)=N/Nc1nc2ccccc2n1Cc1ccccc1. The molecule has 0 aliphatic carbocycles. The van der Waals surface area contributed by atoms with Gasteiger partial charge in [-0.1, -0.05) is 84.9 Å². The maximum absolute atomic E-state index is 4.74. The second-order valence-electron chi connectivity index (χ2n) is 8.94. The number of nitrogens with one attached hydrogen (secondary N) is 1. The van der Waals surface area contributed by atoms with Crippen LogP contribution in [0.4, 0.5) is 11.9 Å². The highest BCUT2D eigenvalue weighted by atomic mass is 15.4. The molecular formula is C30H26N8. The lowest BCUT2D eigenvalue weighted by Gasteiger charge is -2.09. The first-order chi connectivity index (χ1) is 18.7. The first-order valence-corrected chi connectivity index (χ1v) is 12.4. The Balaban J connectivity index is 1.27. The Bertz CT molecular complexity index is 1750. The van der Waals surface area contributed by atoms with E-state index in [1.165, 1.54) is 5.56 Å². The molecule has 1 N–H and O–H groups in total. The lowest BCUT2D eigenvalue weighted by atomic mass is 10.2. The van der Waals surface area contributed by atoms with Crippen molar-refractivity contribution in [3.05, 3.63) is 120 Å². The highest BCUT2D eigenvalue weighted by Gasteiger charge is 2.12. The van der Waals surface area contributed by atoms with E-state index in [0.717, 1.165) is 27.6 Å². The lowest BCUT2D eigenvalue weighted by molar-refractivity contribution is 0.816. The standard InChI is InChI=1S/C30H26N8/c1-22(33-35-29-31-25-16-8-10-18-27(25)37(29)20-23-12-4-2-5-13-23)34-36-30-32-26-17-9-11-19-28(26)38(30)21-24-14-6-3-7-15-24/h2-19H,20-21H2,1H3,(H,31,35)/b33-22-,36-34?. The van der Waals surface area contributed by atoms with Gasteiger partial charge in [0, 0.05) is 0 Å². The average Bonchev–Trinajstić information content (AvgIpc) is 3.49. The van der Waals surface area contributed by atoms with Crippen LogP contribution in [0.25, 0.3) is 22.1 Å². The second kappa shape index (κ2) is 10.5. The fraction of sp³-hybridized carbons (Fsp3) is 0.100. The molecule has 0 radical (unpaired) electrons. The van der Waals surface area contributed by atoms with E-state index in [0.29, 0.717) is 30.8 Å². The second-order valence-corrected chi connectivity index (χ2v) is 8.94. The highest BCUT2D eigenvalue weighted by molar-refractivity contribution is 5.82. The molecule has 6 aromatic rings. The molecule has 0 atom stereocenters. The van der Waals surface area contributed by atoms with Crippen molar-refractivity contribution in [3.63, 3.8) is 0 Å². The number of hydrogen-bond donors (Lipinski definition) is 1. The third kappa shape index (κ3) is 4.92. The van der Waals surface area contributed by atoms with Gasteiger partial charge in [-0.25, -0.2) is 15.4 Å². The summed E-state index contributed by atoms with van der Waals surface area (Å²) in [6, 6.07) is 36.6. The summed E-state index contributed by atoms with van der Waals surface area (Å²) >= 11 is 0. The fourth-order valence-electron chi connectivity index (χ4n) is 4.42. The van der Waals surface area contributed by atoms with Gasteiger partial charge in [-0.05, 0) is 42.3 Å². The molecule has 8 heteroatoms. The molecule has 0 saturated heterocycles. The quantitative estimate of drug-likeness (QED) is 0.111. The van der Waals surface area contributed by atoms with Gasteiger partial charge in [0.1, 0.15) is 0 Å². The summed E-state index contributed by atoms with van der Waals surface area (Å²) in [5.41, 5.74) is 9.25. The van der Waals surface area contributed by atoms with Gasteiger partial charge in [0.05, 0.1) is 35.2 Å². The Labute approximate surface area is 220 Å². The minimum absolute atomic E-state index is 0.460. The molecule has 0 amide bonds. The summed E-state index contributed by atoms with van der Waals surface area (Å²) < 4.78 is 4.17. The van der Waals surface area contributed by atoms with Gasteiger partial charge < -0.3 is 9.13 Å². The predicted octanol–water partition coefficient (Wildman–Crippen LogP) is 7.01. The van der Waals surface area contributed by atoms with Crippen LogP contribution in [-0.4, -0.2) is 24.9 Å². The van der Waals surface area contributed by atoms with Crippen LogP contribution in [0.1, 0.15) is 18.1 Å². The summed E-state index contributed by atoms with van der Waals surface area (Å²) in [5, 5.41) is 13.3. The topological polar surface area (TPSA) is 84.8 Å². The van der Waals surface area contributed by atoms with Crippen molar-refractivity contribution in [3.8, 4) is 0 Å². The Morgan fingerprint density at radius 3 is 1.84 bits per heavy atom. The van der Waals surface area contributed by atoms with Crippen LogP contribution in [0.15, 0.2) is 125 Å². The molecule has 0 unspecified atom stereocenters. The molecule has 0 spiro atoms. The van der Waals surface area contributed by atoms with E-state index in [1.807, 2.05) is 78.9 Å². The van der Waals surface area contributed by atoms with Crippen LogP contribution in [0.5, 0.6) is 0 Å². The number of hydrogen-bond acceptors (Lipinski definition) is 5. The van der Waals surface area contributed by atoms with Gasteiger partial charge in [0.25, 0.3) is 5.95 Å². The molecule has 0 saturated carbocycles. The molecule has 0 aliphatic heterocycles. The highest BCUT2D eigenvalue weighted by Crippen LogP contribution is 2.24. The monoisotopic (exact) mass is 498 g/mol. The van der Waals surface area contributed by atoms with Crippen LogP contribution < -0.4 is 5.43 Å². The number of azo groups is 1. The van der Waals surface area contributed by atoms with E-state index >= 15 is 0 Å². The van der Waals surface area contributed by atoms with E-state index < -0.39 is 0 Å². The first-order valence-electron chi connectivity index (χ1n) is 12.4. The largest absolute Gasteiger partial charge is 0.304 e. The molecule has 0 bridgehead atoms. The molecule has 6 rings (SSSR count). The molecule has 0 fully saturated rings. The Morgan fingerprint density at radius 1 is 0.658 bits per heavy atom. The fourth-order valence-corrected chi connectivity index (χ4v) is 4.42. The minimum Gasteiger partial charge on any atom is -0.304 e. The molecule has 2 heterocycles.